The minimum Gasteiger partial charge on any atom is -0.493 e. The standard InChI is InChI=1S/C21H29N5O2/c1-14-8-20(22-2)25-21(23-14)24-17-6-7-18(27-3)19(9-17)28-13-16-11-26(12-16)10-15-4-5-15/h6-9,15-16H,4-5,10-13H2,1-3H3,(H2,22,23,24,25). The molecule has 2 N–H and O–H groups in total. The first kappa shape index (κ1) is 18.8. The summed E-state index contributed by atoms with van der Waals surface area (Å²) in [6.07, 6.45) is 2.82. The summed E-state index contributed by atoms with van der Waals surface area (Å²) in [5.41, 5.74) is 1.76. The molecule has 4 rings (SSSR count). The zero-order chi connectivity index (χ0) is 19.5. The van der Waals surface area contributed by atoms with E-state index in [2.05, 4.69) is 25.5 Å². The molecular formula is C21H29N5O2. The molecule has 1 saturated heterocycles. The van der Waals surface area contributed by atoms with Gasteiger partial charge in [0.2, 0.25) is 5.95 Å². The molecule has 0 atom stereocenters. The Morgan fingerprint density at radius 3 is 2.64 bits per heavy atom. The van der Waals surface area contributed by atoms with Crippen LogP contribution >= 0.6 is 0 Å². The first-order valence-electron chi connectivity index (χ1n) is 9.96. The number of likely N-dealkylation sites (tertiary alicyclic amines) is 1. The van der Waals surface area contributed by atoms with Crippen molar-refractivity contribution in [2.45, 2.75) is 19.8 Å². The number of rotatable bonds is 9. The van der Waals surface area contributed by atoms with Crippen molar-refractivity contribution >= 4 is 17.5 Å². The Bertz CT molecular complexity index is 818. The van der Waals surface area contributed by atoms with Crippen LogP contribution in [0.1, 0.15) is 18.5 Å². The largest absolute Gasteiger partial charge is 0.493 e. The molecule has 2 aromatic rings. The van der Waals surface area contributed by atoms with E-state index in [1.54, 1.807) is 7.11 Å². The van der Waals surface area contributed by atoms with Crippen LogP contribution in [0.2, 0.25) is 0 Å². The maximum absolute atomic E-state index is 6.10. The number of aryl methyl sites for hydroxylation is 1. The molecule has 7 heteroatoms. The van der Waals surface area contributed by atoms with Gasteiger partial charge in [0.15, 0.2) is 11.5 Å². The van der Waals surface area contributed by atoms with E-state index >= 15 is 0 Å². The van der Waals surface area contributed by atoms with Gasteiger partial charge in [0, 0.05) is 56.1 Å². The predicted octanol–water partition coefficient (Wildman–Crippen LogP) is 3.30. The Hall–Kier alpha value is -2.54. The predicted molar refractivity (Wildman–Crippen MR) is 111 cm³/mol. The summed E-state index contributed by atoms with van der Waals surface area (Å²) in [5.74, 6) is 4.36. The SMILES string of the molecule is CNc1cc(C)nc(Nc2ccc(OC)c(OCC3CN(CC4CC4)C3)c2)n1. The average Bonchev–Trinajstić information content (AvgIpc) is 3.47. The fourth-order valence-electron chi connectivity index (χ4n) is 3.55. The monoisotopic (exact) mass is 383 g/mol. The van der Waals surface area contributed by atoms with Crippen LogP contribution in [-0.4, -0.2) is 55.3 Å². The van der Waals surface area contributed by atoms with Crippen molar-refractivity contribution in [2.24, 2.45) is 11.8 Å². The fraction of sp³-hybridized carbons (Fsp3) is 0.524. The van der Waals surface area contributed by atoms with Gasteiger partial charge < -0.3 is 25.0 Å². The number of anilines is 3. The first-order chi connectivity index (χ1) is 13.6. The highest BCUT2D eigenvalue weighted by molar-refractivity contribution is 5.60. The van der Waals surface area contributed by atoms with Crippen LogP contribution in [0.4, 0.5) is 17.5 Å². The van der Waals surface area contributed by atoms with Gasteiger partial charge in [-0.15, -0.1) is 0 Å². The molecule has 0 amide bonds. The van der Waals surface area contributed by atoms with Crippen LogP contribution in [0, 0.1) is 18.8 Å². The normalized spacial score (nSPS) is 17.1. The molecule has 0 radical (unpaired) electrons. The van der Waals surface area contributed by atoms with Crippen molar-refractivity contribution in [3.05, 3.63) is 30.0 Å². The molecule has 1 aliphatic heterocycles. The highest BCUT2D eigenvalue weighted by Gasteiger charge is 2.32. The van der Waals surface area contributed by atoms with E-state index in [-0.39, 0.29) is 0 Å². The van der Waals surface area contributed by atoms with Crippen molar-refractivity contribution < 1.29 is 9.47 Å². The fourth-order valence-corrected chi connectivity index (χ4v) is 3.55. The Morgan fingerprint density at radius 1 is 1.11 bits per heavy atom. The highest BCUT2D eigenvalue weighted by Crippen LogP contribution is 2.34. The lowest BCUT2D eigenvalue weighted by Crippen LogP contribution is -2.49. The van der Waals surface area contributed by atoms with E-state index in [1.165, 1.54) is 19.4 Å². The molecule has 0 spiro atoms. The lowest BCUT2D eigenvalue weighted by Gasteiger charge is -2.39. The lowest BCUT2D eigenvalue weighted by molar-refractivity contribution is 0.0575. The first-order valence-corrected chi connectivity index (χ1v) is 9.96. The summed E-state index contributed by atoms with van der Waals surface area (Å²) in [6, 6.07) is 7.70. The van der Waals surface area contributed by atoms with Crippen molar-refractivity contribution in [2.75, 3.05) is 51.0 Å². The number of nitrogens with one attached hydrogen (secondary N) is 2. The molecule has 1 aromatic heterocycles. The summed E-state index contributed by atoms with van der Waals surface area (Å²) in [4.78, 5) is 11.4. The minimum absolute atomic E-state index is 0.551. The number of methoxy groups -OCH3 is 1. The Morgan fingerprint density at radius 2 is 1.93 bits per heavy atom. The van der Waals surface area contributed by atoms with Gasteiger partial charge >= 0.3 is 0 Å². The Kier molecular flexibility index (Phi) is 5.52. The van der Waals surface area contributed by atoms with Gasteiger partial charge in [-0.05, 0) is 37.8 Å². The van der Waals surface area contributed by atoms with E-state index in [0.29, 0.717) is 18.5 Å². The van der Waals surface area contributed by atoms with Crippen molar-refractivity contribution in [1.82, 2.24) is 14.9 Å². The summed E-state index contributed by atoms with van der Waals surface area (Å²) in [7, 11) is 3.51. The zero-order valence-electron chi connectivity index (χ0n) is 16.9. The number of nitrogens with zero attached hydrogens (tertiary/aromatic N) is 3. The Balaban J connectivity index is 1.37. The number of benzene rings is 1. The second kappa shape index (κ2) is 8.22. The van der Waals surface area contributed by atoms with Gasteiger partial charge in [0.05, 0.1) is 13.7 Å². The van der Waals surface area contributed by atoms with Crippen LogP contribution in [0.15, 0.2) is 24.3 Å². The smallest absolute Gasteiger partial charge is 0.229 e. The lowest BCUT2D eigenvalue weighted by atomic mass is 10.0. The number of hydrogen-bond acceptors (Lipinski definition) is 7. The molecule has 1 aliphatic carbocycles. The van der Waals surface area contributed by atoms with Crippen LogP contribution in [0.25, 0.3) is 0 Å². The minimum atomic E-state index is 0.551. The molecule has 1 aromatic carbocycles. The van der Waals surface area contributed by atoms with Crippen LogP contribution in [0.3, 0.4) is 0 Å². The van der Waals surface area contributed by atoms with E-state index < -0.39 is 0 Å². The van der Waals surface area contributed by atoms with Gasteiger partial charge in [-0.2, -0.15) is 4.98 Å². The highest BCUT2D eigenvalue weighted by atomic mass is 16.5. The van der Waals surface area contributed by atoms with Gasteiger partial charge in [0.25, 0.3) is 0 Å². The molecule has 150 valence electrons. The molecule has 2 fully saturated rings. The maximum Gasteiger partial charge on any atom is 0.229 e. The topological polar surface area (TPSA) is 71.5 Å². The van der Waals surface area contributed by atoms with Crippen LogP contribution < -0.4 is 20.1 Å². The van der Waals surface area contributed by atoms with Gasteiger partial charge in [0.1, 0.15) is 5.82 Å². The third kappa shape index (κ3) is 4.65. The molecule has 7 nitrogen and oxygen atoms in total. The summed E-state index contributed by atoms with van der Waals surface area (Å²) in [6.45, 7) is 6.21. The molecule has 0 unspecified atom stereocenters. The summed E-state index contributed by atoms with van der Waals surface area (Å²) >= 11 is 0. The number of ether oxygens (including phenoxy) is 2. The van der Waals surface area contributed by atoms with Gasteiger partial charge in [-0.1, -0.05) is 0 Å². The second-order valence-electron chi connectivity index (χ2n) is 7.80. The van der Waals surface area contributed by atoms with Crippen molar-refractivity contribution in [1.29, 1.82) is 0 Å². The Labute approximate surface area is 166 Å². The third-order valence-corrected chi connectivity index (χ3v) is 5.25. The second-order valence-corrected chi connectivity index (χ2v) is 7.80. The van der Waals surface area contributed by atoms with Gasteiger partial charge in [-0.25, -0.2) is 4.98 Å². The summed E-state index contributed by atoms with van der Waals surface area (Å²) < 4.78 is 11.6. The molecule has 2 heterocycles. The molecule has 1 saturated carbocycles. The number of aromatic nitrogens is 2. The van der Waals surface area contributed by atoms with E-state index in [9.17, 15) is 0 Å². The quantitative estimate of drug-likeness (QED) is 0.688. The molecule has 2 aliphatic rings. The van der Waals surface area contributed by atoms with Crippen molar-refractivity contribution in [3.63, 3.8) is 0 Å². The average molecular weight is 383 g/mol. The van der Waals surface area contributed by atoms with Crippen molar-refractivity contribution in [3.8, 4) is 11.5 Å². The number of hydrogen-bond donors (Lipinski definition) is 2. The third-order valence-electron chi connectivity index (χ3n) is 5.25. The molecular weight excluding hydrogens is 354 g/mol. The van der Waals surface area contributed by atoms with E-state index in [0.717, 1.165) is 47.7 Å². The molecule has 28 heavy (non-hydrogen) atoms. The van der Waals surface area contributed by atoms with E-state index in [1.807, 2.05) is 38.2 Å². The molecule has 0 bridgehead atoms. The van der Waals surface area contributed by atoms with E-state index in [4.69, 9.17) is 9.47 Å². The summed E-state index contributed by atoms with van der Waals surface area (Å²) in [5, 5.41) is 6.30. The van der Waals surface area contributed by atoms with Gasteiger partial charge in [-0.3, -0.25) is 0 Å². The van der Waals surface area contributed by atoms with Crippen LogP contribution in [-0.2, 0) is 0 Å². The maximum atomic E-state index is 6.10. The zero-order valence-corrected chi connectivity index (χ0v) is 16.9. The van der Waals surface area contributed by atoms with Crippen LogP contribution in [0.5, 0.6) is 11.5 Å².